The van der Waals surface area contributed by atoms with E-state index in [1.807, 2.05) is 83.9 Å². The average Bonchev–Trinajstić information content (AvgIpc) is 3.05. The predicted octanol–water partition coefficient (Wildman–Crippen LogP) is 5.88. The second-order valence-electron chi connectivity index (χ2n) is 7.30. The molecule has 0 bridgehead atoms. The van der Waals surface area contributed by atoms with E-state index in [1.165, 1.54) is 0 Å². The summed E-state index contributed by atoms with van der Waals surface area (Å²) >= 11 is 0. The van der Waals surface area contributed by atoms with E-state index in [2.05, 4.69) is 30.1 Å². The second-order valence-corrected chi connectivity index (χ2v) is 7.30. The highest BCUT2D eigenvalue weighted by Crippen LogP contribution is 2.42. The Hall–Kier alpha value is -3.72. The molecule has 2 heterocycles. The van der Waals surface area contributed by atoms with Crippen LogP contribution in [0, 0.1) is 0 Å². The van der Waals surface area contributed by atoms with Crippen molar-refractivity contribution in [2.24, 2.45) is 0 Å². The number of pyridine rings is 1. The number of para-hydroxylation sites is 2. The number of carbonyl (C=O) groups excluding carboxylic acids is 1. The maximum atomic E-state index is 13.5. The van der Waals surface area contributed by atoms with E-state index in [4.69, 9.17) is 0 Å². The van der Waals surface area contributed by atoms with Crippen LogP contribution in [0.2, 0.25) is 0 Å². The van der Waals surface area contributed by atoms with Crippen molar-refractivity contribution in [2.75, 3.05) is 4.90 Å². The van der Waals surface area contributed by atoms with E-state index in [-0.39, 0.29) is 11.9 Å². The maximum absolute atomic E-state index is 13.5. The van der Waals surface area contributed by atoms with Gasteiger partial charge in [0.1, 0.15) is 0 Å². The van der Waals surface area contributed by atoms with Gasteiger partial charge in [-0.25, -0.2) is 0 Å². The Balaban J connectivity index is 1.60. The summed E-state index contributed by atoms with van der Waals surface area (Å²) in [6, 6.07) is 28.2. The molecule has 140 valence electrons. The van der Waals surface area contributed by atoms with Crippen LogP contribution in [0.15, 0.2) is 91.1 Å². The summed E-state index contributed by atoms with van der Waals surface area (Å²) in [5.74, 6) is 0.0238. The molecule has 3 aromatic carbocycles. The second kappa shape index (κ2) is 7.02. The smallest absolute Gasteiger partial charge is 0.259 e. The lowest BCUT2D eigenvalue weighted by Gasteiger charge is -2.25. The van der Waals surface area contributed by atoms with E-state index < -0.39 is 0 Å². The molecule has 0 N–H and O–H groups in total. The third kappa shape index (κ3) is 3.01. The van der Waals surface area contributed by atoms with Crippen LogP contribution in [0.4, 0.5) is 5.69 Å². The fraction of sp³-hybridized carbons (Fsp3) is 0.0769. The number of aromatic nitrogens is 1. The van der Waals surface area contributed by atoms with Gasteiger partial charge in [-0.3, -0.25) is 9.78 Å². The number of amides is 1. The Bertz CT molecular complexity index is 1240. The van der Waals surface area contributed by atoms with E-state index in [0.29, 0.717) is 5.57 Å². The minimum atomic E-state index is -0.0505. The van der Waals surface area contributed by atoms with Crippen LogP contribution in [0.25, 0.3) is 22.6 Å². The first-order chi connectivity index (χ1) is 14.2. The van der Waals surface area contributed by atoms with Crippen LogP contribution in [0.5, 0.6) is 0 Å². The Morgan fingerprint density at radius 1 is 0.897 bits per heavy atom. The van der Waals surface area contributed by atoms with Gasteiger partial charge in [0.15, 0.2) is 0 Å². The van der Waals surface area contributed by atoms with Gasteiger partial charge >= 0.3 is 0 Å². The number of hydrogen-bond acceptors (Lipinski definition) is 2. The van der Waals surface area contributed by atoms with Gasteiger partial charge in [0.05, 0.1) is 17.2 Å². The third-order valence-electron chi connectivity index (χ3n) is 5.49. The fourth-order valence-electron chi connectivity index (χ4n) is 4.00. The number of nitrogens with zero attached hydrogens (tertiary/aromatic N) is 2. The van der Waals surface area contributed by atoms with Gasteiger partial charge in [0.25, 0.3) is 5.91 Å². The Morgan fingerprint density at radius 3 is 2.48 bits per heavy atom. The standard InChI is InChI=1S/C26H20N2O/c1-18(20-9-3-2-4-10-20)28-25-14-8-6-12-22(25)23(26(28)29)16-19-15-21-11-5-7-13-24(21)27-17-19/h2-18H,1H3/b23-16-. The highest BCUT2D eigenvalue weighted by Gasteiger charge is 2.35. The number of fused-ring (bicyclic) bond motifs is 2. The molecule has 3 heteroatoms. The van der Waals surface area contributed by atoms with E-state index in [0.717, 1.165) is 33.3 Å². The maximum Gasteiger partial charge on any atom is 0.259 e. The third-order valence-corrected chi connectivity index (χ3v) is 5.49. The van der Waals surface area contributed by atoms with Crippen LogP contribution in [-0.2, 0) is 4.79 Å². The molecule has 0 spiro atoms. The minimum Gasteiger partial charge on any atom is -0.301 e. The normalized spacial score (nSPS) is 15.7. The lowest BCUT2D eigenvalue weighted by atomic mass is 10.0. The monoisotopic (exact) mass is 376 g/mol. The van der Waals surface area contributed by atoms with Crippen LogP contribution in [0.3, 0.4) is 0 Å². The van der Waals surface area contributed by atoms with Gasteiger partial charge in [-0.15, -0.1) is 0 Å². The molecule has 1 unspecified atom stereocenters. The lowest BCUT2D eigenvalue weighted by molar-refractivity contribution is -0.113. The molecule has 0 saturated heterocycles. The summed E-state index contributed by atoms with van der Waals surface area (Å²) in [5, 5.41) is 1.06. The predicted molar refractivity (Wildman–Crippen MR) is 118 cm³/mol. The Labute approximate surface area is 169 Å². The molecule has 3 nitrogen and oxygen atoms in total. The van der Waals surface area contributed by atoms with Crippen molar-refractivity contribution in [3.63, 3.8) is 0 Å². The molecule has 0 saturated carbocycles. The minimum absolute atomic E-state index is 0.0238. The summed E-state index contributed by atoms with van der Waals surface area (Å²) < 4.78 is 0. The molecule has 1 amide bonds. The SMILES string of the molecule is CC(c1ccccc1)N1C(=O)/C(=C\c2cnc3ccccc3c2)c2ccccc21. The van der Waals surface area contributed by atoms with E-state index in [1.54, 1.807) is 0 Å². The molecule has 1 atom stereocenters. The van der Waals surface area contributed by atoms with Crippen molar-refractivity contribution in [1.82, 2.24) is 4.98 Å². The van der Waals surface area contributed by atoms with Crippen LogP contribution < -0.4 is 4.90 Å². The summed E-state index contributed by atoms with van der Waals surface area (Å²) in [7, 11) is 0. The quantitative estimate of drug-likeness (QED) is 0.418. The largest absolute Gasteiger partial charge is 0.301 e. The molecule has 0 fully saturated rings. The molecule has 4 aromatic rings. The molecular weight excluding hydrogens is 356 g/mol. The van der Waals surface area contributed by atoms with Gasteiger partial charge in [-0.05, 0) is 42.3 Å². The number of carbonyl (C=O) groups is 1. The molecule has 5 rings (SSSR count). The average molecular weight is 376 g/mol. The molecule has 1 aliphatic rings. The Morgan fingerprint density at radius 2 is 1.62 bits per heavy atom. The van der Waals surface area contributed by atoms with Gasteiger partial charge < -0.3 is 4.90 Å². The molecule has 1 aliphatic heterocycles. The van der Waals surface area contributed by atoms with Crippen molar-refractivity contribution < 1.29 is 4.79 Å². The fourth-order valence-corrected chi connectivity index (χ4v) is 4.00. The van der Waals surface area contributed by atoms with Crippen molar-refractivity contribution in [1.29, 1.82) is 0 Å². The zero-order valence-electron chi connectivity index (χ0n) is 16.1. The van der Waals surface area contributed by atoms with Crippen molar-refractivity contribution in [3.05, 3.63) is 108 Å². The topological polar surface area (TPSA) is 33.2 Å². The summed E-state index contributed by atoms with van der Waals surface area (Å²) in [6.07, 6.45) is 3.78. The summed E-state index contributed by atoms with van der Waals surface area (Å²) in [6.45, 7) is 2.07. The first kappa shape index (κ1) is 17.4. The number of rotatable bonds is 3. The zero-order chi connectivity index (χ0) is 19.8. The summed E-state index contributed by atoms with van der Waals surface area (Å²) in [5.41, 5.74) is 5.62. The van der Waals surface area contributed by atoms with Gasteiger partial charge in [-0.2, -0.15) is 0 Å². The highest BCUT2D eigenvalue weighted by atomic mass is 16.2. The number of anilines is 1. The zero-order valence-corrected chi connectivity index (χ0v) is 16.1. The van der Waals surface area contributed by atoms with Crippen molar-refractivity contribution in [3.8, 4) is 0 Å². The number of benzene rings is 3. The number of hydrogen-bond donors (Lipinski definition) is 0. The molecule has 29 heavy (non-hydrogen) atoms. The summed E-state index contributed by atoms with van der Waals surface area (Å²) in [4.78, 5) is 19.9. The first-order valence-corrected chi connectivity index (χ1v) is 9.77. The molecule has 0 radical (unpaired) electrons. The van der Waals surface area contributed by atoms with Gasteiger partial charge in [-0.1, -0.05) is 66.7 Å². The van der Waals surface area contributed by atoms with Crippen LogP contribution in [-0.4, -0.2) is 10.9 Å². The van der Waals surface area contributed by atoms with Crippen LogP contribution >= 0.6 is 0 Å². The van der Waals surface area contributed by atoms with Gasteiger partial charge in [0, 0.05) is 22.7 Å². The highest BCUT2D eigenvalue weighted by molar-refractivity contribution is 6.36. The molecule has 1 aromatic heterocycles. The van der Waals surface area contributed by atoms with Crippen molar-refractivity contribution >= 4 is 34.1 Å². The van der Waals surface area contributed by atoms with Gasteiger partial charge in [0.2, 0.25) is 0 Å². The molecule has 0 aliphatic carbocycles. The van der Waals surface area contributed by atoms with E-state index >= 15 is 0 Å². The van der Waals surface area contributed by atoms with E-state index in [9.17, 15) is 4.79 Å². The molecular formula is C26H20N2O. The Kier molecular flexibility index (Phi) is 4.21. The van der Waals surface area contributed by atoms with Crippen molar-refractivity contribution in [2.45, 2.75) is 13.0 Å². The first-order valence-electron chi connectivity index (χ1n) is 9.77. The lowest BCUT2D eigenvalue weighted by Crippen LogP contribution is -2.29. The van der Waals surface area contributed by atoms with Crippen LogP contribution in [0.1, 0.15) is 29.7 Å².